The molecular formula is C15H16ClNO3. The fourth-order valence-electron chi connectivity index (χ4n) is 2.44. The highest BCUT2D eigenvalue weighted by atomic mass is 35.5. The van der Waals surface area contributed by atoms with Crippen molar-refractivity contribution in [2.45, 2.75) is 33.2 Å². The molecule has 4 nitrogen and oxygen atoms in total. The Hall–Kier alpha value is -1.81. The summed E-state index contributed by atoms with van der Waals surface area (Å²) in [5.74, 6) is -1.10. The minimum absolute atomic E-state index is 0.0160. The number of rotatable bonds is 3. The van der Waals surface area contributed by atoms with Crippen LogP contribution in [-0.4, -0.2) is 15.6 Å². The van der Waals surface area contributed by atoms with Crippen LogP contribution < -0.4 is 5.43 Å². The van der Waals surface area contributed by atoms with Gasteiger partial charge < -0.3 is 9.67 Å². The number of fused-ring (bicyclic) bond motifs is 1. The van der Waals surface area contributed by atoms with E-state index in [1.807, 2.05) is 20.8 Å². The number of carboxylic acids is 1. The Balaban J connectivity index is 3.04. The SMILES string of the molecule is CCC(C)n1c(C(=O)O)cc(=O)c2cc(Cl)cc(C)c21. The number of aromatic carboxylic acids is 1. The van der Waals surface area contributed by atoms with Crippen molar-refractivity contribution >= 4 is 28.5 Å². The maximum atomic E-state index is 12.1. The number of aromatic nitrogens is 1. The summed E-state index contributed by atoms with van der Waals surface area (Å²) in [6.07, 6.45) is 0.764. The average Bonchev–Trinajstić information content (AvgIpc) is 2.38. The van der Waals surface area contributed by atoms with Crippen molar-refractivity contribution in [1.29, 1.82) is 0 Å². The molecule has 0 fully saturated rings. The molecule has 2 rings (SSSR count). The monoisotopic (exact) mass is 293 g/mol. The molecule has 5 heteroatoms. The van der Waals surface area contributed by atoms with E-state index in [9.17, 15) is 14.7 Å². The molecule has 1 unspecified atom stereocenters. The molecule has 0 aliphatic rings. The molecule has 0 aliphatic carbocycles. The molecule has 1 aromatic heterocycles. The lowest BCUT2D eigenvalue weighted by atomic mass is 10.1. The number of hydrogen-bond donors (Lipinski definition) is 1. The van der Waals surface area contributed by atoms with Crippen LogP contribution >= 0.6 is 11.6 Å². The van der Waals surface area contributed by atoms with Crippen LogP contribution in [0.25, 0.3) is 10.9 Å². The van der Waals surface area contributed by atoms with Crippen molar-refractivity contribution in [3.63, 3.8) is 0 Å². The van der Waals surface area contributed by atoms with Crippen molar-refractivity contribution in [3.05, 3.63) is 44.7 Å². The van der Waals surface area contributed by atoms with E-state index in [1.165, 1.54) is 6.07 Å². The summed E-state index contributed by atoms with van der Waals surface area (Å²) in [6, 6.07) is 4.49. The summed E-state index contributed by atoms with van der Waals surface area (Å²) in [7, 11) is 0. The van der Waals surface area contributed by atoms with Gasteiger partial charge in [0, 0.05) is 22.5 Å². The quantitative estimate of drug-likeness (QED) is 0.940. The molecule has 0 radical (unpaired) electrons. The topological polar surface area (TPSA) is 59.3 Å². The van der Waals surface area contributed by atoms with Crippen LogP contribution in [0.5, 0.6) is 0 Å². The molecule has 0 aliphatic heterocycles. The second-order valence-electron chi connectivity index (χ2n) is 4.95. The molecule has 20 heavy (non-hydrogen) atoms. The lowest BCUT2D eigenvalue weighted by molar-refractivity contribution is 0.0682. The summed E-state index contributed by atoms with van der Waals surface area (Å²) < 4.78 is 1.71. The lowest BCUT2D eigenvalue weighted by Gasteiger charge is -2.21. The van der Waals surface area contributed by atoms with Gasteiger partial charge in [-0.3, -0.25) is 4.79 Å². The van der Waals surface area contributed by atoms with E-state index < -0.39 is 5.97 Å². The maximum Gasteiger partial charge on any atom is 0.352 e. The smallest absolute Gasteiger partial charge is 0.352 e. The van der Waals surface area contributed by atoms with E-state index in [4.69, 9.17) is 11.6 Å². The summed E-state index contributed by atoms with van der Waals surface area (Å²) in [5, 5.41) is 10.3. The summed E-state index contributed by atoms with van der Waals surface area (Å²) in [4.78, 5) is 23.6. The Morgan fingerprint density at radius 2 is 2.05 bits per heavy atom. The van der Waals surface area contributed by atoms with E-state index in [0.717, 1.165) is 12.0 Å². The van der Waals surface area contributed by atoms with E-state index in [2.05, 4.69) is 0 Å². The largest absolute Gasteiger partial charge is 0.477 e. The molecule has 0 saturated carbocycles. The average molecular weight is 294 g/mol. The minimum Gasteiger partial charge on any atom is -0.477 e. The Morgan fingerprint density at radius 1 is 1.40 bits per heavy atom. The van der Waals surface area contributed by atoms with Gasteiger partial charge in [-0.05, 0) is 38.0 Å². The first-order valence-corrected chi connectivity index (χ1v) is 6.83. The van der Waals surface area contributed by atoms with Gasteiger partial charge in [0.25, 0.3) is 0 Å². The molecule has 0 amide bonds. The van der Waals surface area contributed by atoms with Crippen LogP contribution in [0.4, 0.5) is 0 Å². The van der Waals surface area contributed by atoms with Crippen LogP contribution in [-0.2, 0) is 0 Å². The van der Waals surface area contributed by atoms with Gasteiger partial charge in [-0.1, -0.05) is 18.5 Å². The lowest BCUT2D eigenvalue weighted by Crippen LogP contribution is -2.21. The summed E-state index contributed by atoms with van der Waals surface area (Å²) in [5.41, 5.74) is 1.14. The molecule has 1 aromatic carbocycles. The molecule has 2 aromatic rings. The molecule has 0 spiro atoms. The van der Waals surface area contributed by atoms with E-state index in [1.54, 1.807) is 16.7 Å². The van der Waals surface area contributed by atoms with E-state index in [0.29, 0.717) is 15.9 Å². The van der Waals surface area contributed by atoms with Gasteiger partial charge in [0.2, 0.25) is 0 Å². The van der Waals surface area contributed by atoms with Crippen molar-refractivity contribution in [1.82, 2.24) is 4.57 Å². The van der Waals surface area contributed by atoms with Crippen molar-refractivity contribution in [2.24, 2.45) is 0 Å². The van der Waals surface area contributed by atoms with Crippen molar-refractivity contribution in [3.8, 4) is 0 Å². The number of hydrogen-bond acceptors (Lipinski definition) is 2. The molecule has 0 saturated heterocycles. The zero-order valence-corrected chi connectivity index (χ0v) is 12.4. The maximum absolute atomic E-state index is 12.1. The van der Waals surface area contributed by atoms with Gasteiger partial charge in [0.05, 0.1) is 5.52 Å². The van der Waals surface area contributed by atoms with Crippen LogP contribution in [0.1, 0.15) is 42.4 Å². The van der Waals surface area contributed by atoms with Crippen molar-refractivity contribution < 1.29 is 9.90 Å². The Morgan fingerprint density at radius 3 is 2.60 bits per heavy atom. The summed E-state index contributed by atoms with van der Waals surface area (Å²) in [6.45, 7) is 5.74. The molecular weight excluding hydrogens is 278 g/mol. The van der Waals surface area contributed by atoms with Gasteiger partial charge in [0.15, 0.2) is 5.43 Å². The highest BCUT2D eigenvalue weighted by molar-refractivity contribution is 6.31. The molecule has 1 atom stereocenters. The number of carboxylic acid groups (broad SMARTS) is 1. The highest BCUT2D eigenvalue weighted by Crippen LogP contribution is 2.26. The predicted octanol–water partition coefficient (Wildman–Crippen LogP) is 3.63. The third kappa shape index (κ3) is 2.31. The zero-order valence-electron chi connectivity index (χ0n) is 11.6. The van der Waals surface area contributed by atoms with Crippen molar-refractivity contribution in [2.75, 3.05) is 0 Å². The third-order valence-electron chi connectivity index (χ3n) is 3.55. The molecule has 0 bridgehead atoms. The van der Waals surface area contributed by atoms with Gasteiger partial charge in [-0.2, -0.15) is 0 Å². The second-order valence-corrected chi connectivity index (χ2v) is 5.38. The Bertz CT molecular complexity index is 749. The standard InChI is InChI=1S/C15H16ClNO3/c1-4-9(3)17-12(15(19)20)7-13(18)11-6-10(16)5-8(2)14(11)17/h5-7,9H,4H2,1-3H3,(H,19,20). The third-order valence-corrected chi connectivity index (χ3v) is 3.77. The number of nitrogens with zero attached hydrogens (tertiary/aromatic N) is 1. The van der Waals surface area contributed by atoms with E-state index in [-0.39, 0.29) is 17.2 Å². The van der Waals surface area contributed by atoms with Crippen LogP contribution in [0.2, 0.25) is 5.02 Å². The number of benzene rings is 1. The van der Waals surface area contributed by atoms with Gasteiger partial charge in [-0.25, -0.2) is 4.79 Å². The number of aryl methyl sites for hydroxylation is 1. The fraction of sp³-hybridized carbons (Fsp3) is 0.333. The molecule has 106 valence electrons. The normalized spacial score (nSPS) is 12.6. The number of carbonyl (C=O) groups is 1. The van der Waals surface area contributed by atoms with Crippen LogP contribution in [0.15, 0.2) is 23.0 Å². The highest BCUT2D eigenvalue weighted by Gasteiger charge is 2.19. The second kappa shape index (κ2) is 5.29. The van der Waals surface area contributed by atoms with Gasteiger partial charge >= 0.3 is 5.97 Å². The van der Waals surface area contributed by atoms with Crippen LogP contribution in [0, 0.1) is 6.92 Å². The molecule has 1 N–H and O–H groups in total. The first kappa shape index (κ1) is 14.6. The minimum atomic E-state index is -1.10. The van der Waals surface area contributed by atoms with Gasteiger partial charge in [-0.15, -0.1) is 0 Å². The Kier molecular flexibility index (Phi) is 3.86. The summed E-state index contributed by atoms with van der Waals surface area (Å²) >= 11 is 6.00. The van der Waals surface area contributed by atoms with E-state index >= 15 is 0 Å². The number of halogens is 1. The van der Waals surface area contributed by atoms with Gasteiger partial charge in [0.1, 0.15) is 5.69 Å². The zero-order chi connectivity index (χ0) is 15.0. The predicted molar refractivity (Wildman–Crippen MR) is 79.9 cm³/mol. The fourth-order valence-corrected chi connectivity index (χ4v) is 2.71. The number of pyridine rings is 1. The first-order chi connectivity index (χ1) is 9.36. The Labute approximate surface area is 121 Å². The molecule has 1 heterocycles. The van der Waals surface area contributed by atoms with Crippen LogP contribution in [0.3, 0.4) is 0 Å². The first-order valence-electron chi connectivity index (χ1n) is 6.45.